The topological polar surface area (TPSA) is 16.4 Å². The Morgan fingerprint density at radius 3 is 1.85 bits per heavy atom. The second-order valence-electron chi connectivity index (χ2n) is 12.5. The quantitative estimate of drug-likeness (QED) is 0.184. The van der Waals surface area contributed by atoms with Gasteiger partial charge in [0, 0.05) is 33.1 Å². The van der Waals surface area contributed by atoms with Crippen LogP contribution in [-0.4, -0.2) is 0 Å². The highest BCUT2D eigenvalue weighted by Crippen LogP contribution is 2.44. The van der Waals surface area contributed by atoms with Gasteiger partial charge in [-0.25, -0.2) is 0 Å². The molecule has 0 spiro atoms. The van der Waals surface area contributed by atoms with Gasteiger partial charge >= 0.3 is 0 Å². The van der Waals surface area contributed by atoms with Crippen LogP contribution in [0.1, 0.15) is 0 Å². The van der Waals surface area contributed by atoms with Crippen LogP contribution in [0, 0.1) is 0 Å². The molecule has 1 heterocycles. The minimum Gasteiger partial charge on any atom is -0.455 e. The molecule has 0 aliphatic carbocycles. The number of rotatable bonds is 4. The van der Waals surface area contributed by atoms with Crippen molar-refractivity contribution in [2.45, 2.75) is 0 Å². The first-order chi connectivity index (χ1) is 23.8. The number of para-hydroxylation sites is 2. The van der Waals surface area contributed by atoms with Crippen LogP contribution in [0.15, 0.2) is 180 Å². The summed E-state index contributed by atoms with van der Waals surface area (Å²) in [4.78, 5) is 2.41. The van der Waals surface area contributed by atoms with Crippen molar-refractivity contribution in [3.8, 4) is 11.1 Å². The lowest BCUT2D eigenvalue weighted by Crippen LogP contribution is -2.11. The standard InChI is InChI=1S/C46H29NO/c1-2-10-30(11-3-1)37-14-6-8-16-44(37)47(34-23-27-38-33(28-34)21-26-42-41-15-7-9-17-45(41)48-46(38)42)35-22-18-32-20-24-39-36-13-5-4-12-31(36)19-25-40(39)43(32)29-35/h1-29H. The summed E-state index contributed by atoms with van der Waals surface area (Å²) in [5.74, 6) is 0. The van der Waals surface area contributed by atoms with E-state index < -0.39 is 0 Å². The van der Waals surface area contributed by atoms with Crippen molar-refractivity contribution in [2.75, 3.05) is 4.90 Å². The lowest BCUT2D eigenvalue weighted by Gasteiger charge is -2.28. The number of hydrogen-bond donors (Lipinski definition) is 0. The molecule has 0 aliphatic heterocycles. The molecule has 9 aromatic carbocycles. The summed E-state index contributed by atoms with van der Waals surface area (Å²) in [5, 5.41) is 12.1. The highest BCUT2D eigenvalue weighted by molar-refractivity contribution is 6.18. The molecule has 10 aromatic rings. The molecule has 2 nitrogen and oxygen atoms in total. The highest BCUT2D eigenvalue weighted by Gasteiger charge is 2.19. The molecular formula is C46H29NO. The minimum absolute atomic E-state index is 0.915. The Morgan fingerprint density at radius 2 is 0.958 bits per heavy atom. The number of anilines is 3. The third-order valence-electron chi connectivity index (χ3n) is 9.82. The third kappa shape index (κ3) is 4.13. The second-order valence-corrected chi connectivity index (χ2v) is 12.5. The van der Waals surface area contributed by atoms with Crippen LogP contribution >= 0.6 is 0 Å². The molecule has 1 aromatic heterocycles. The first-order valence-corrected chi connectivity index (χ1v) is 16.4. The molecule has 224 valence electrons. The zero-order chi connectivity index (χ0) is 31.6. The van der Waals surface area contributed by atoms with Crippen molar-refractivity contribution in [3.63, 3.8) is 0 Å². The molecule has 0 bridgehead atoms. The Labute approximate surface area is 277 Å². The van der Waals surface area contributed by atoms with Crippen molar-refractivity contribution in [1.29, 1.82) is 0 Å². The molecule has 0 fully saturated rings. The van der Waals surface area contributed by atoms with E-state index in [0.717, 1.165) is 49.8 Å². The van der Waals surface area contributed by atoms with Crippen molar-refractivity contribution >= 4 is 82.1 Å². The zero-order valence-electron chi connectivity index (χ0n) is 26.1. The van der Waals surface area contributed by atoms with Crippen molar-refractivity contribution in [1.82, 2.24) is 0 Å². The first-order valence-electron chi connectivity index (χ1n) is 16.4. The Bertz CT molecular complexity index is 2850. The van der Waals surface area contributed by atoms with E-state index in [2.05, 4.69) is 169 Å². The summed E-state index contributed by atoms with van der Waals surface area (Å²) >= 11 is 0. The van der Waals surface area contributed by atoms with Crippen molar-refractivity contribution in [2.24, 2.45) is 0 Å². The van der Waals surface area contributed by atoms with Gasteiger partial charge in [0.2, 0.25) is 0 Å². The molecule has 0 unspecified atom stereocenters. The van der Waals surface area contributed by atoms with E-state index in [1.54, 1.807) is 0 Å². The third-order valence-corrected chi connectivity index (χ3v) is 9.82. The maximum atomic E-state index is 6.42. The molecule has 0 atom stereocenters. The van der Waals surface area contributed by atoms with Gasteiger partial charge in [0.1, 0.15) is 11.2 Å². The summed E-state index contributed by atoms with van der Waals surface area (Å²) < 4.78 is 6.42. The minimum atomic E-state index is 0.915. The van der Waals surface area contributed by atoms with Crippen LogP contribution in [0.4, 0.5) is 17.1 Å². The van der Waals surface area contributed by atoms with Crippen LogP contribution < -0.4 is 4.90 Å². The van der Waals surface area contributed by atoms with E-state index in [4.69, 9.17) is 4.42 Å². The van der Waals surface area contributed by atoms with Gasteiger partial charge in [0.25, 0.3) is 0 Å². The van der Waals surface area contributed by atoms with Gasteiger partial charge in [-0.15, -0.1) is 0 Å². The molecule has 0 saturated heterocycles. The van der Waals surface area contributed by atoms with Crippen LogP contribution in [0.3, 0.4) is 0 Å². The molecule has 0 N–H and O–H groups in total. The smallest absolute Gasteiger partial charge is 0.143 e. The van der Waals surface area contributed by atoms with E-state index in [1.165, 1.54) is 43.4 Å². The normalized spacial score (nSPS) is 11.8. The molecular weight excluding hydrogens is 583 g/mol. The van der Waals surface area contributed by atoms with Gasteiger partial charge in [-0.3, -0.25) is 0 Å². The number of benzene rings is 9. The van der Waals surface area contributed by atoms with E-state index in [9.17, 15) is 0 Å². The number of fused-ring (bicyclic) bond motifs is 10. The fourth-order valence-corrected chi connectivity index (χ4v) is 7.54. The predicted octanol–water partition coefficient (Wildman–Crippen LogP) is 13.3. The number of hydrogen-bond acceptors (Lipinski definition) is 2. The predicted molar refractivity (Wildman–Crippen MR) is 204 cm³/mol. The van der Waals surface area contributed by atoms with Gasteiger partial charge in [0.15, 0.2) is 0 Å². The van der Waals surface area contributed by atoms with Crippen LogP contribution in [0.25, 0.3) is 76.2 Å². The Morgan fingerprint density at radius 1 is 0.354 bits per heavy atom. The summed E-state index contributed by atoms with van der Waals surface area (Å²) in [6.45, 7) is 0. The lowest BCUT2D eigenvalue weighted by molar-refractivity contribution is 0.672. The highest BCUT2D eigenvalue weighted by atomic mass is 16.3. The van der Waals surface area contributed by atoms with Gasteiger partial charge in [0.05, 0.1) is 5.69 Å². The first kappa shape index (κ1) is 26.8. The van der Waals surface area contributed by atoms with Gasteiger partial charge in [-0.2, -0.15) is 0 Å². The largest absolute Gasteiger partial charge is 0.455 e. The fraction of sp³-hybridized carbons (Fsp3) is 0. The molecule has 2 heteroatoms. The van der Waals surface area contributed by atoms with E-state index in [-0.39, 0.29) is 0 Å². The summed E-state index contributed by atoms with van der Waals surface area (Å²) in [6.07, 6.45) is 0. The molecule has 48 heavy (non-hydrogen) atoms. The summed E-state index contributed by atoms with van der Waals surface area (Å²) in [7, 11) is 0. The fourth-order valence-electron chi connectivity index (χ4n) is 7.54. The zero-order valence-corrected chi connectivity index (χ0v) is 26.1. The van der Waals surface area contributed by atoms with Crippen molar-refractivity contribution < 1.29 is 4.42 Å². The molecule has 10 rings (SSSR count). The Hall–Kier alpha value is -6.38. The Balaban J connectivity index is 1.23. The van der Waals surface area contributed by atoms with E-state index in [1.807, 2.05) is 12.1 Å². The molecule has 0 amide bonds. The van der Waals surface area contributed by atoms with Crippen LogP contribution in [0.2, 0.25) is 0 Å². The van der Waals surface area contributed by atoms with Gasteiger partial charge < -0.3 is 9.32 Å². The average Bonchev–Trinajstić information content (AvgIpc) is 3.54. The monoisotopic (exact) mass is 611 g/mol. The lowest BCUT2D eigenvalue weighted by atomic mass is 9.96. The maximum Gasteiger partial charge on any atom is 0.143 e. The maximum absolute atomic E-state index is 6.42. The summed E-state index contributed by atoms with van der Waals surface area (Å²) in [6, 6.07) is 63.4. The molecule has 0 aliphatic rings. The van der Waals surface area contributed by atoms with Gasteiger partial charge in [-0.05, 0) is 91.8 Å². The van der Waals surface area contributed by atoms with E-state index in [0.29, 0.717) is 0 Å². The second kappa shape index (κ2) is 10.6. The van der Waals surface area contributed by atoms with Crippen molar-refractivity contribution in [3.05, 3.63) is 176 Å². The van der Waals surface area contributed by atoms with Crippen LogP contribution in [0.5, 0.6) is 0 Å². The number of nitrogens with zero attached hydrogens (tertiary/aromatic N) is 1. The molecule has 0 saturated carbocycles. The van der Waals surface area contributed by atoms with Gasteiger partial charge in [-0.1, -0.05) is 127 Å². The van der Waals surface area contributed by atoms with E-state index >= 15 is 0 Å². The SMILES string of the molecule is c1ccc(-c2ccccc2N(c2ccc3c(ccc4c5ccccc5oc34)c2)c2ccc3ccc4c5ccccc5ccc4c3c2)cc1. The summed E-state index contributed by atoms with van der Waals surface area (Å²) in [5.41, 5.74) is 7.52. The number of furan rings is 1. The molecule has 0 radical (unpaired) electrons. The Kier molecular flexibility index (Phi) is 5.91. The van der Waals surface area contributed by atoms with Crippen LogP contribution in [-0.2, 0) is 0 Å². The average molecular weight is 612 g/mol.